The molecule has 0 spiro atoms. The molecule has 2 unspecified atom stereocenters. The Morgan fingerprint density at radius 2 is 1.78 bits per heavy atom. The number of carbonyl (C=O) groups is 3. The number of hydrogen-bond acceptors (Lipinski definition) is 4. The van der Waals surface area contributed by atoms with Crippen LogP contribution in [0.5, 0.6) is 0 Å². The Kier molecular flexibility index (Phi) is 11.0. The van der Waals surface area contributed by atoms with E-state index in [1.807, 2.05) is 58.0 Å². The minimum absolute atomic E-state index is 0.0128. The lowest BCUT2D eigenvalue weighted by Crippen LogP contribution is -2.67. The molecule has 4 rings (SSSR count). The van der Waals surface area contributed by atoms with Crippen LogP contribution in [0.15, 0.2) is 42.5 Å². The fourth-order valence-electron chi connectivity index (χ4n) is 6.14. The van der Waals surface area contributed by atoms with Gasteiger partial charge in [-0.05, 0) is 47.9 Å². The molecule has 0 radical (unpaired) electrons. The molecule has 0 fully saturated rings. The zero-order valence-corrected chi connectivity index (χ0v) is 28.3. The van der Waals surface area contributed by atoms with Crippen molar-refractivity contribution in [1.29, 1.82) is 0 Å². The van der Waals surface area contributed by atoms with Gasteiger partial charge < -0.3 is 26.5 Å². The predicted octanol–water partition coefficient (Wildman–Crippen LogP) is 6.23. The predicted molar refractivity (Wildman–Crippen MR) is 183 cm³/mol. The van der Waals surface area contributed by atoms with Crippen molar-refractivity contribution in [3.05, 3.63) is 69.3 Å². The normalized spacial score (nSPS) is 18.7. The van der Waals surface area contributed by atoms with E-state index in [1.165, 1.54) is 0 Å². The monoisotopic (exact) mass is 673 g/mol. The number of nitrogens with one attached hydrogen (secondary N) is 3. The first-order valence-electron chi connectivity index (χ1n) is 15.3. The average Bonchev–Trinajstić information content (AvgIpc) is 3.36. The van der Waals surface area contributed by atoms with Crippen molar-refractivity contribution in [3.8, 4) is 0 Å². The number of benzene rings is 2. The van der Waals surface area contributed by atoms with E-state index in [0.29, 0.717) is 34.8 Å². The summed E-state index contributed by atoms with van der Waals surface area (Å²) >= 11 is 18.2. The molecule has 9 nitrogen and oxygen atoms in total. The number of thiocarbonyl (C=S) groups is 1. The molecular weight excluding hydrogens is 633 g/mol. The van der Waals surface area contributed by atoms with Crippen molar-refractivity contribution >= 4 is 69.2 Å². The molecule has 0 saturated carbocycles. The molecule has 3 amide bonds. The van der Waals surface area contributed by atoms with Crippen LogP contribution in [0, 0.1) is 11.8 Å². The molecule has 0 bridgehead atoms. The van der Waals surface area contributed by atoms with Crippen LogP contribution in [0.3, 0.4) is 0 Å². The van der Waals surface area contributed by atoms with E-state index < -0.39 is 35.5 Å². The summed E-state index contributed by atoms with van der Waals surface area (Å²) in [4.78, 5) is 46.1. The van der Waals surface area contributed by atoms with Crippen molar-refractivity contribution in [1.82, 2.24) is 20.5 Å². The van der Waals surface area contributed by atoms with E-state index in [-0.39, 0.29) is 36.2 Å². The highest BCUT2D eigenvalue weighted by molar-refractivity contribution is 7.80. The number of rotatable bonds is 12. The second-order valence-corrected chi connectivity index (χ2v) is 13.4. The summed E-state index contributed by atoms with van der Waals surface area (Å²) in [7, 11) is 0. The maximum absolute atomic E-state index is 14.4. The second-order valence-electron chi connectivity index (χ2n) is 12.1. The number of carboxylic acid groups (broad SMARTS) is 1. The van der Waals surface area contributed by atoms with Gasteiger partial charge in [-0.3, -0.25) is 14.5 Å². The summed E-state index contributed by atoms with van der Waals surface area (Å²) < 4.78 is 0. The maximum Gasteiger partial charge on any atom is 0.408 e. The van der Waals surface area contributed by atoms with E-state index in [0.717, 1.165) is 27.1 Å². The van der Waals surface area contributed by atoms with Gasteiger partial charge in [-0.25, -0.2) is 4.79 Å². The number of hydrogen-bond donors (Lipinski definition) is 5. The van der Waals surface area contributed by atoms with Gasteiger partial charge in [0.05, 0.1) is 21.6 Å². The summed E-state index contributed by atoms with van der Waals surface area (Å²) in [6.07, 6.45) is 0.827. The van der Waals surface area contributed by atoms with Crippen LogP contribution in [0.4, 0.5) is 4.79 Å². The molecule has 1 aromatic heterocycles. The fraction of sp³-hybridized carbons (Fsp3) is 0.455. The largest absolute Gasteiger partial charge is 0.465 e. The van der Waals surface area contributed by atoms with Crippen LogP contribution in [0.25, 0.3) is 10.9 Å². The van der Waals surface area contributed by atoms with Gasteiger partial charge in [-0.15, -0.1) is 0 Å². The highest BCUT2D eigenvalue weighted by atomic mass is 35.5. The number of amides is 3. The molecule has 0 aliphatic heterocycles. The topological polar surface area (TPSA) is 141 Å². The number of nitrogens with zero attached hydrogens (tertiary/aromatic N) is 1. The first-order chi connectivity index (χ1) is 21.3. The number of carbonyl (C=O) groups excluding carboxylic acids is 2. The van der Waals surface area contributed by atoms with Crippen LogP contribution in [0.1, 0.15) is 63.8 Å². The number of nitrogens with two attached hydrogens (primary N) is 1. The standard InChI is InChI=1S/C33H41Cl2N5O4S/c1-5-18(3)26(29(36)45)38-31(42)33(13-12-25-23(16-33)22-14-21(34)15-24(35)27(22)37-25)39-30(41)28(19(4)6-2)40(32(43)44)17-20-10-8-7-9-11-20/h7-11,14-15,18-19,26,28,37H,5-6,12-13,16-17H2,1-4H3,(H2,36,45)(H,38,42)(H,39,41)(H,43,44)/t18?,19?,26-,28-,33+/m0/s1. The number of aryl methyl sites for hydroxylation is 1. The van der Waals surface area contributed by atoms with Crippen LogP contribution >= 0.6 is 35.4 Å². The second kappa shape index (κ2) is 14.4. The first-order valence-corrected chi connectivity index (χ1v) is 16.4. The molecule has 5 atom stereocenters. The zero-order chi connectivity index (χ0) is 33.1. The van der Waals surface area contributed by atoms with Gasteiger partial charge in [0, 0.05) is 29.1 Å². The van der Waals surface area contributed by atoms with Gasteiger partial charge >= 0.3 is 6.09 Å². The summed E-state index contributed by atoms with van der Waals surface area (Å²) in [5, 5.41) is 18.1. The Morgan fingerprint density at radius 3 is 2.38 bits per heavy atom. The molecule has 0 saturated heterocycles. The number of halogens is 2. The van der Waals surface area contributed by atoms with Crippen LogP contribution in [-0.2, 0) is 29.0 Å². The molecule has 45 heavy (non-hydrogen) atoms. The molecule has 242 valence electrons. The van der Waals surface area contributed by atoms with E-state index in [4.69, 9.17) is 41.2 Å². The average molecular weight is 675 g/mol. The van der Waals surface area contributed by atoms with E-state index >= 15 is 0 Å². The summed E-state index contributed by atoms with van der Waals surface area (Å²) in [5.41, 5.74) is 7.80. The minimum atomic E-state index is -1.44. The third-order valence-corrected chi connectivity index (χ3v) is 9.90. The Morgan fingerprint density at radius 1 is 1.11 bits per heavy atom. The number of aromatic nitrogens is 1. The Bertz CT molecular complexity index is 1580. The number of fused-ring (bicyclic) bond motifs is 3. The zero-order valence-electron chi connectivity index (χ0n) is 26.0. The van der Waals surface area contributed by atoms with Crippen molar-refractivity contribution in [2.75, 3.05) is 0 Å². The maximum atomic E-state index is 14.4. The summed E-state index contributed by atoms with van der Waals surface area (Å²) in [6, 6.07) is 10.9. The van der Waals surface area contributed by atoms with Gasteiger partial charge in [-0.1, -0.05) is 106 Å². The van der Waals surface area contributed by atoms with Crippen molar-refractivity contribution < 1.29 is 19.5 Å². The number of aromatic amines is 1. The van der Waals surface area contributed by atoms with Crippen LogP contribution in [0.2, 0.25) is 10.0 Å². The third kappa shape index (κ3) is 7.39. The number of H-pyrrole nitrogens is 1. The lowest BCUT2D eigenvalue weighted by molar-refractivity contribution is -0.137. The lowest BCUT2D eigenvalue weighted by Gasteiger charge is -2.41. The molecule has 2 aromatic carbocycles. The van der Waals surface area contributed by atoms with E-state index in [2.05, 4.69) is 15.6 Å². The molecule has 1 aliphatic rings. The Labute approximate surface area is 279 Å². The van der Waals surface area contributed by atoms with Gasteiger partial charge in [0.25, 0.3) is 0 Å². The van der Waals surface area contributed by atoms with Crippen molar-refractivity contribution in [2.24, 2.45) is 17.6 Å². The molecule has 1 heterocycles. The van der Waals surface area contributed by atoms with Gasteiger partial charge in [-0.2, -0.15) is 0 Å². The third-order valence-electron chi connectivity index (χ3n) is 9.13. The minimum Gasteiger partial charge on any atom is -0.465 e. The SMILES string of the molecule is CCC(C)[C@H](NC(=O)[C@@]1(NC(=O)[C@H](C(C)CC)N(Cc2ccccc2)C(=O)O)CCc2[nH]c3c(Cl)cc(Cl)cc3c2C1)C(N)=S. The van der Waals surface area contributed by atoms with Gasteiger partial charge in [0.15, 0.2) is 0 Å². The fourth-order valence-corrected chi connectivity index (χ4v) is 6.97. The van der Waals surface area contributed by atoms with Gasteiger partial charge in [0.2, 0.25) is 11.8 Å². The Hall–Kier alpha value is -3.34. The highest BCUT2D eigenvalue weighted by Crippen LogP contribution is 2.38. The quantitative estimate of drug-likeness (QED) is 0.144. The first kappa shape index (κ1) is 34.5. The molecule has 1 aliphatic carbocycles. The van der Waals surface area contributed by atoms with Crippen molar-refractivity contribution in [2.45, 2.75) is 84.0 Å². The molecule has 12 heteroatoms. The van der Waals surface area contributed by atoms with Crippen molar-refractivity contribution in [3.63, 3.8) is 0 Å². The molecule has 3 aromatic rings. The van der Waals surface area contributed by atoms with Gasteiger partial charge in [0.1, 0.15) is 11.6 Å². The highest BCUT2D eigenvalue weighted by Gasteiger charge is 2.47. The summed E-state index contributed by atoms with van der Waals surface area (Å²) in [5.74, 6) is -1.38. The lowest BCUT2D eigenvalue weighted by atomic mass is 9.78. The van der Waals surface area contributed by atoms with E-state index in [1.54, 1.807) is 12.1 Å². The van der Waals surface area contributed by atoms with E-state index in [9.17, 15) is 19.5 Å². The molecular formula is C33H41Cl2N5O4S. The van der Waals surface area contributed by atoms with Crippen LogP contribution < -0.4 is 16.4 Å². The summed E-state index contributed by atoms with van der Waals surface area (Å²) in [6.45, 7) is 7.69. The smallest absolute Gasteiger partial charge is 0.408 e. The Balaban J connectivity index is 1.79. The molecule has 6 N–H and O–H groups in total. The van der Waals surface area contributed by atoms with Crippen LogP contribution in [-0.4, -0.2) is 55.5 Å².